The van der Waals surface area contributed by atoms with Gasteiger partial charge in [-0.25, -0.2) is 14.0 Å². The fraction of sp³-hybridized carbons (Fsp3) is 0.263. The molecule has 0 atom stereocenters. The molecular weight excluding hydrogens is 360 g/mol. The molecule has 144 valence electrons. The molecule has 9 nitrogen and oxygen atoms in total. The second-order valence-electron chi connectivity index (χ2n) is 6.44. The zero-order valence-electron chi connectivity index (χ0n) is 16.0. The van der Waals surface area contributed by atoms with Crippen LogP contribution in [0.4, 0.5) is 0 Å². The van der Waals surface area contributed by atoms with Gasteiger partial charge in [0.2, 0.25) is 5.88 Å². The van der Waals surface area contributed by atoms with Gasteiger partial charge >= 0.3 is 5.97 Å². The van der Waals surface area contributed by atoms with Gasteiger partial charge in [-0.2, -0.15) is 10.2 Å². The maximum absolute atomic E-state index is 11.4. The number of fused-ring (bicyclic) bond motifs is 1. The summed E-state index contributed by atoms with van der Waals surface area (Å²) in [6, 6.07) is 3.74. The molecule has 0 bridgehead atoms. The van der Waals surface area contributed by atoms with Gasteiger partial charge in [0.05, 0.1) is 30.2 Å². The molecule has 0 aliphatic carbocycles. The first kappa shape index (κ1) is 17.8. The minimum atomic E-state index is -1.09. The molecule has 0 spiro atoms. The molecule has 4 aromatic heterocycles. The van der Waals surface area contributed by atoms with Gasteiger partial charge in [0.1, 0.15) is 5.56 Å². The first-order valence-electron chi connectivity index (χ1n) is 8.83. The Kier molecular flexibility index (Phi) is 4.14. The van der Waals surface area contributed by atoms with Crippen molar-refractivity contribution in [2.45, 2.75) is 27.3 Å². The highest BCUT2D eigenvalue weighted by atomic mass is 16.5. The highest BCUT2D eigenvalue weighted by molar-refractivity contribution is 5.90. The molecule has 0 unspecified atom stereocenters. The SMILES string of the molecule is CCn1nc(C)c(-c2cnn3ccc(-n4cc(C(=O)O)c(OC)n4)cc23)c1C. The molecule has 0 radical (unpaired) electrons. The van der Waals surface area contributed by atoms with E-state index in [1.165, 1.54) is 18.0 Å². The smallest absolute Gasteiger partial charge is 0.342 e. The molecular formula is C19H20N6O3. The van der Waals surface area contributed by atoms with Crippen LogP contribution in [0.3, 0.4) is 0 Å². The number of aromatic carboxylic acids is 1. The molecule has 4 rings (SSSR count). The Labute approximate surface area is 160 Å². The number of carbonyl (C=O) groups is 1. The van der Waals surface area contributed by atoms with Crippen molar-refractivity contribution < 1.29 is 14.6 Å². The van der Waals surface area contributed by atoms with Crippen LogP contribution in [0.2, 0.25) is 0 Å². The summed E-state index contributed by atoms with van der Waals surface area (Å²) in [5.74, 6) is -1.02. The van der Waals surface area contributed by atoms with Crippen molar-refractivity contribution in [2.24, 2.45) is 0 Å². The Hall–Kier alpha value is -3.62. The van der Waals surface area contributed by atoms with E-state index in [2.05, 4.69) is 22.2 Å². The number of pyridine rings is 1. The minimum Gasteiger partial charge on any atom is -0.479 e. The van der Waals surface area contributed by atoms with E-state index in [0.29, 0.717) is 5.69 Å². The number of nitrogens with zero attached hydrogens (tertiary/aromatic N) is 6. The molecule has 28 heavy (non-hydrogen) atoms. The van der Waals surface area contributed by atoms with Gasteiger partial charge in [0, 0.05) is 35.8 Å². The molecule has 0 aliphatic heterocycles. The summed E-state index contributed by atoms with van der Waals surface area (Å²) in [5, 5.41) is 22.6. The lowest BCUT2D eigenvalue weighted by Gasteiger charge is -2.05. The number of methoxy groups -OCH3 is 1. The van der Waals surface area contributed by atoms with Gasteiger partial charge in [-0.05, 0) is 32.9 Å². The van der Waals surface area contributed by atoms with Crippen molar-refractivity contribution in [1.29, 1.82) is 0 Å². The first-order chi connectivity index (χ1) is 13.4. The van der Waals surface area contributed by atoms with Gasteiger partial charge < -0.3 is 9.84 Å². The average Bonchev–Trinajstić information content (AvgIpc) is 3.36. The largest absolute Gasteiger partial charge is 0.479 e. The van der Waals surface area contributed by atoms with Crippen LogP contribution in [-0.2, 0) is 6.54 Å². The summed E-state index contributed by atoms with van der Waals surface area (Å²) in [6.45, 7) is 6.88. The Morgan fingerprint density at radius 1 is 1.29 bits per heavy atom. The van der Waals surface area contributed by atoms with Crippen LogP contribution in [0.25, 0.3) is 22.3 Å². The predicted octanol–water partition coefficient (Wildman–Crippen LogP) is 2.73. The highest BCUT2D eigenvalue weighted by Crippen LogP contribution is 2.31. The Bertz CT molecular complexity index is 1200. The van der Waals surface area contributed by atoms with Crippen molar-refractivity contribution in [1.82, 2.24) is 29.2 Å². The van der Waals surface area contributed by atoms with Crippen LogP contribution in [0.15, 0.2) is 30.7 Å². The van der Waals surface area contributed by atoms with Crippen LogP contribution >= 0.6 is 0 Å². The van der Waals surface area contributed by atoms with Crippen LogP contribution < -0.4 is 4.74 Å². The third-order valence-electron chi connectivity index (χ3n) is 4.82. The summed E-state index contributed by atoms with van der Waals surface area (Å²) in [6.07, 6.45) is 5.08. The molecule has 4 aromatic rings. The summed E-state index contributed by atoms with van der Waals surface area (Å²) in [7, 11) is 1.40. The number of carboxylic acid groups (broad SMARTS) is 1. The molecule has 4 heterocycles. The third kappa shape index (κ3) is 2.63. The van der Waals surface area contributed by atoms with Crippen molar-refractivity contribution in [2.75, 3.05) is 7.11 Å². The molecule has 1 N–H and O–H groups in total. The topological polar surface area (TPSA) is 99.5 Å². The number of hydrogen-bond acceptors (Lipinski definition) is 5. The van der Waals surface area contributed by atoms with E-state index in [1.54, 1.807) is 4.52 Å². The Balaban J connectivity index is 1.88. The number of hydrogen-bond donors (Lipinski definition) is 1. The summed E-state index contributed by atoms with van der Waals surface area (Å²) >= 11 is 0. The fourth-order valence-corrected chi connectivity index (χ4v) is 3.49. The van der Waals surface area contributed by atoms with E-state index in [1.807, 2.05) is 43.1 Å². The number of carboxylic acids is 1. The average molecular weight is 380 g/mol. The third-order valence-corrected chi connectivity index (χ3v) is 4.82. The van der Waals surface area contributed by atoms with Crippen LogP contribution in [0.1, 0.15) is 28.7 Å². The lowest BCUT2D eigenvalue weighted by atomic mass is 10.1. The maximum Gasteiger partial charge on any atom is 0.342 e. The maximum atomic E-state index is 11.4. The molecule has 0 saturated heterocycles. The lowest BCUT2D eigenvalue weighted by Crippen LogP contribution is -1.99. The van der Waals surface area contributed by atoms with E-state index >= 15 is 0 Å². The van der Waals surface area contributed by atoms with Crippen molar-refractivity contribution in [3.05, 3.63) is 47.7 Å². The zero-order chi connectivity index (χ0) is 20.0. The molecule has 9 heteroatoms. The zero-order valence-corrected chi connectivity index (χ0v) is 16.0. The second-order valence-corrected chi connectivity index (χ2v) is 6.44. The Morgan fingerprint density at radius 3 is 2.68 bits per heavy atom. The number of rotatable bonds is 5. The van der Waals surface area contributed by atoms with Crippen molar-refractivity contribution in [3.63, 3.8) is 0 Å². The van der Waals surface area contributed by atoms with Crippen molar-refractivity contribution >= 4 is 11.5 Å². The number of aromatic nitrogens is 6. The summed E-state index contributed by atoms with van der Waals surface area (Å²) in [5.41, 5.74) is 5.63. The van der Waals surface area contributed by atoms with Crippen LogP contribution in [0, 0.1) is 13.8 Å². The standard InChI is InChI=1S/C19H20N6O3/c1-5-23-12(3)17(11(2)21-23)14-9-20-24-7-6-13(8-16(14)24)25-10-15(19(26)27)18(22-25)28-4/h6-10H,5H2,1-4H3,(H,26,27). The molecule has 0 fully saturated rings. The number of aryl methyl sites for hydroxylation is 2. The van der Waals surface area contributed by atoms with E-state index in [9.17, 15) is 9.90 Å². The van der Waals surface area contributed by atoms with E-state index in [4.69, 9.17) is 4.74 Å². The quantitative estimate of drug-likeness (QED) is 0.571. The normalized spacial score (nSPS) is 11.3. The molecule has 0 amide bonds. The summed E-state index contributed by atoms with van der Waals surface area (Å²) < 4.78 is 10.3. The number of ether oxygens (including phenoxy) is 1. The van der Waals surface area contributed by atoms with Gasteiger partial charge in [-0.3, -0.25) is 4.68 Å². The fourth-order valence-electron chi connectivity index (χ4n) is 3.49. The summed E-state index contributed by atoms with van der Waals surface area (Å²) in [4.78, 5) is 11.4. The van der Waals surface area contributed by atoms with Crippen LogP contribution in [0.5, 0.6) is 5.88 Å². The first-order valence-corrected chi connectivity index (χ1v) is 8.83. The van der Waals surface area contributed by atoms with Crippen molar-refractivity contribution in [3.8, 4) is 22.7 Å². The molecule has 0 saturated carbocycles. The lowest BCUT2D eigenvalue weighted by molar-refractivity contribution is 0.0693. The Morgan fingerprint density at radius 2 is 2.07 bits per heavy atom. The molecule has 0 aliphatic rings. The highest BCUT2D eigenvalue weighted by Gasteiger charge is 2.19. The van der Waals surface area contributed by atoms with E-state index in [0.717, 1.165) is 34.6 Å². The molecule has 0 aromatic carbocycles. The van der Waals surface area contributed by atoms with E-state index < -0.39 is 5.97 Å². The van der Waals surface area contributed by atoms with Gasteiger partial charge in [-0.1, -0.05) is 0 Å². The van der Waals surface area contributed by atoms with Gasteiger partial charge in [-0.15, -0.1) is 5.10 Å². The minimum absolute atomic E-state index is 0.00650. The van der Waals surface area contributed by atoms with Gasteiger partial charge in [0.25, 0.3) is 0 Å². The predicted molar refractivity (Wildman–Crippen MR) is 102 cm³/mol. The van der Waals surface area contributed by atoms with Gasteiger partial charge in [0.15, 0.2) is 0 Å². The van der Waals surface area contributed by atoms with E-state index in [-0.39, 0.29) is 11.4 Å². The monoisotopic (exact) mass is 380 g/mol. The van der Waals surface area contributed by atoms with Crippen LogP contribution in [-0.4, -0.2) is 47.4 Å². The second kappa shape index (κ2) is 6.52.